The quantitative estimate of drug-likeness (QED) is 0.812. The van der Waals surface area contributed by atoms with Crippen LogP contribution in [0.25, 0.3) is 0 Å². The lowest BCUT2D eigenvalue weighted by Gasteiger charge is -2.24. The van der Waals surface area contributed by atoms with E-state index in [4.69, 9.17) is 14.6 Å². The van der Waals surface area contributed by atoms with E-state index in [-0.39, 0.29) is 12.2 Å². The van der Waals surface area contributed by atoms with Crippen LogP contribution < -0.4 is 4.74 Å². The van der Waals surface area contributed by atoms with Gasteiger partial charge in [-0.15, -0.1) is 0 Å². The van der Waals surface area contributed by atoms with Crippen LogP contribution in [0.4, 0.5) is 0 Å². The van der Waals surface area contributed by atoms with Crippen molar-refractivity contribution in [1.29, 1.82) is 0 Å². The average Bonchev–Trinajstić information content (AvgIpc) is 2.29. The highest BCUT2D eigenvalue weighted by Crippen LogP contribution is 2.20. The molecule has 0 aliphatic rings. The zero-order valence-electron chi connectivity index (χ0n) is 10.6. The van der Waals surface area contributed by atoms with Gasteiger partial charge in [0.05, 0.1) is 12.2 Å². The number of hydrogen-bond acceptors (Lipinski definition) is 4. The van der Waals surface area contributed by atoms with Gasteiger partial charge < -0.3 is 14.6 Å². The topological polar surface area (TPSA) is 72.8 Å². The van der Waals surface area contributed by atoms with Gasteiger partial charge in [-0.2, -0.15) is 0 Å². The van der Waals surface area contributed by atoms with Crippen LogP contribution in [-0.2, 0) is 9.53 Å². The average molecular weight is 252 g/mol. The molecule has 0 aromatic heterocycles. The van der Waals surface area contributed by atoms with Crippen molar-refractivity contribution in [2.45, 2.75) is 26.4 Å². The summed E-state index contributed by atoms with van der Waals surface area (Å²) in [7, 11) is 0. The molecule has 5 nitrogen and oxygen atoms in total. The largest absolute Gasteiger partial charge is 0.478 e. The summed E-state index contributed by atoms with van der Waals surface area (Å²) in [5.41, 5.74) is -0.947. The highest BCUT2D eigenvalue weighted by Gasteiger charge is 2.31. The summed E-state index contributed by atoms with van der Waals surface area (Å²) in [4.78, 5) is 22.3. The van der Waals surface area contributed by atoms with Gasteiger partial charge in [0.15, 0.2) is 5.60 Å². The number of carboxylic acids is 1. The highest BCUT2D eigenvalue weighted by molar-refractivity contribution is 5.87. The standard InChI is InChI=1S/C13H16O5/c1-4-17-12(16)13(2,3)18-10-7-5-9(6-8-10)11(14)15/h5-8H,4H2,1-3H3,(H,14,15). The van der Waals surface area contributed by atoms with Crippen molar-refractivity contribution >= 4 is 11.9 Å². The van der Waals surface area contributed by atoms with E-state index in [0.29, 0.717) is 5.75 Å². The second kappa shape index (κ2) is 5.53. The van der Waals surface area contributed by atoms with E-state index in [1.54, 1.807) is 20.8 Å². The Morgan fingerprint density at radius 2 is 1.78 bits per heavy atom. The molecular formula is C13H16O5. The van der Waals surface area contributed by atoms with E-state index in [1.807, 2.05) is 0 Å². The molecule has 0 unspecified atom stereocenters. The number of esters is 1. The van der Waals surface area contributed by atoms with Gasteiger partial charge in [0.1, 0.15) is 5.75 Å². The minimum atomic E-state index is -1.11. The first-order valence-electron chi connectivity index (χ1n) is 5.56. The summed E-state index contributed by atoms with van der Waals surface area (Å²) in [6, 6.07) is 5.84. The molecule has 0 fully saturated rings. The first-order chi connectivity index (χ1) is 8.36. The minimum absolute atomic E-state index is 0.163. The molecule has 0 bridgehead atoms. The summed E-state index contributed by atoms with van der Waals surface area (Å²) in [6.07, 6.45) is 0. The lowest BCUT2D eigenvalue weighted by Crippen LogP contribution is -2.39. The molecule has 1 rings (SSSR count). The first kappa shape index (κ1) is 14.0. The molecule has 1 N–H and O–H groups in total. The van der Waals surface area contributed by atoms with Crippen LogP contribution in [0.2, 0.25) is 0 Å². The van der Waals surface area contributed by atoms with Crippen LogP contribution in [-0.4, -0.2) is 29.3 Å². The van der Waals surface area contributed by atoms with E-state index in [0.717, 1.165) is 0 Å². The monoisotopic (exact) mass is 252 g/mol. The number of carboxylic acid groups (broad SMARTS) is 1. The van der Waals surface area contributed by atoms with Gasteiger partial charge in [-0.3, -0.25) is 0 Å². The third kappa shape index (κ3) is 3.48. The highest BCUT2D eigenvalue weighted by atomic mass is 16.6. The minimum Gasteiger partial charge on any atom is -0.478 e. The molecule has 0 amide bonds. The second-order valence-electron chi connectivity index (χ2n) is 4.16. The third-order valence-electron chi connectivity index (χ3n) is 2.24. The fraction of sp³-hybridized carbons (Fsp3) is 0.385. The maximum absolute atomic E-state index is 11.6. The molecule has 0 radical (unpaired) electrons. The van der Waals surface area contributed by atoms with Crippen molar-refractivity contribution < 1.29 is 24.2 Å². The maximum Gasteiger partial charge on any atom is 0.349 e. The summed E-state index contributed by atoms with van der Waals surface area (Å²) < 4.78 is 10.4. The van der Waals surface area contributed by atoms with Crippen molar-refractivity contribution in [3.05, 3.63) is 29.8 Å². The Hall–Kier alpha value is -2.04. The first-order valence-corrected chi connectivity index (χ1v) is 5.56. The molecule has 0 aliphatic heterocycles. The Bertz CT molecular complexity index is 433. The second-order valence-corrected chi connectivity index (χ2v) is 4.16. The summed E-state index contributed by atoms with van der Waals surface area (Å²) in [5.74, 6) is -1.06. The van der Waals surface area contributed by atoms with Gasteiger partial charge in [0.25, 0.3) is 0 Å². The number of hydrogen-bond donors (Lipinski definition) is 1. The van der Waals surface area contributed by atoms with Crippen molar-refractivity contribution in [1.82, 2.24) is 0 Å². The van der Waals surface area contributed by atoms with Crippen LogP contribution in [0.15, 0.2) is 24.3 Å². The molecule has 98 valence electrons. The number of ether oxygens (including phenoxy) is 2. The van der Waals surface area contributed by atoms with E-state index < -0.39 is 17.5 Å². The Balaban J connectivity index is 2.78. The lowest BCUT2D eigenvalue weighted by molar-refractivity contribution is -0.158. The molecule has 1 aromatic rings. The summed E-state index contributed by atoms with van der Waals surface area (Å²) >= 11 is 0. The molecule has 0 atom stereocenters. The van der Waals surface area contributed by atoms with E-state index in [2.05, 4.69) is 0 Å². The zero-order valence-corrected chi connectivity index (χ0v) is 10.6. The van der Waals surface area contributed by atoms with Crippen LogP contribution in [0.1, 0.15) is 31.1 Å². The molecule has 0 saturated heterocycles. The SMILES string of the molecule is CCOC(=O)C(C)(C)Oc1ccc(C(=O)O)cc1. The van der Waals surface area contributed by atoms with Gasteiger partial charge in [-0.25, -0.2) is 9.59 Å². The Labute approximate surface area is 105 Å². The Morgan fingerprint density at radius 1 is 1.22 bits per heavy atom. The third-order valence-corrected chi connectivity index (χ3v) is 2.24. The predicted molar refractivity (Wildman–Crippen MR) is 64.7 cm³/mol. The normalized spacial score (nSPS) is 10.8. The Kier molecular flexibility index (Phi) is 4.31. The summed E-state index contributed by atoms with van der Waals surface area (Å²) in [5, 5.41) is 8.75. The van der Waals surface area contributed by atoms with Gasteiger partial charge in [-0.1, -0.05) is 0 Å². The van der Waals surface area contributed by atoms with E-state index in [1.165, 1.54) is 24.3 Å². The molecule has 0 heterocycles. The van der Waals surface area contributed by atoms with Crippen molar-refractivity contribution in [2.75, 3.05) is 6.61 Å². The molecule has 18 heavy (non-hydrogen) atoms. The summed E-state index contributed by atoms with van der Waals surface area (Å²) in [6.45, 7) is 5.19. The predicted octanol–water partition coefficient (Wildman–Crippen LogP) is 2.11. The van der Waals surface area contributed by atoms with E-state index in [9.17, 15) is 9.59 Å². The van der Waals surface area contributed by atoms with Gasteiger partial charge in [0, 0.05) is 0 Å². The van der Waals surface area contributed by atoms with Crippen molar-refractivity contribution in [3.8, 4) is 5.75 Å². The molecule has 0 aliphatic carbocycles. The fourth-order valence-electron chi connectivity index (χ4n) is 1.31. The smallest absolute Gasteiger partial charge is 0.349 e. The fourth-order valence-corrected chi connectivity index (χ4v) is 1.31. The van der Waals surface area contributed by atoms with Crippen LogP contribution in [0, 0.1) is 0 Å². The van der Waals surface area contributed by atoms with Crippen LogP contribution in [0.5, 0.6) is 5.75 Å². The van der Waals surface area contributed by atoms with E-state index >= 15 is 0 Å². The van der Waals surface area contributed by atoms with Gasteiger partial charge in [0.2, 0.25) is 0 Å². The molecular weight excluding hydrogens is 236 g/mol. The molecule has 0 saturated carbocycles. The van der Waals surface area contributed by atoms with Gasteiger partial charge in [-0.05, 0) is 45.0 Å². The number of aromatic carboxylic acids is 1. The lowest BCUT2D eigenvalue weighted by atomic mass is 10.1. The number of carbonyl (C=O) groups is 2. The van der Waals surface area contributed by atoms with Crippen molar-refractivity contribution in [3.63, 3.8) is 0 Å². The molecule has 1 aromatic carbocycles. The van der Waals surface area contributed by atoms with Crippen LogP contribution in [0.3, 0.4) is 0 Å². The van der Waals surface area contributed by atoms with Gasteiger partial charge >= 0.3 is 11.9 Å². The zero-order chi connectivity index (χ0) is 13.8. The molecule has 5 heteroatoms. The number of rotatable bonds is 5. The maximum atomic E-state index is 11.6. The molecule has 0 spiro atoms. The number of carbonyl (C=O) groups excluding carboxylic acids is 1. The van der Waals surface area contributed by atoms with Crippen molar-refractivity contribution in [2.24, 2.45) is 0 Å². The number of benzene rings is 1. The Morgan fingerprint density at radius 3 is 2.22 bits per heavy atom. The van der Waals surface area contributed by atoms with Crippen LogP contribution >= 0.6 is 0 Å².